The highest BCUT2D eigenvalue weighted by molar-refractivity contribution is 9.09. The van der Waals surface area contributed by atoms with Crippen molar-refractivity contribution in [1.29, 1.82) is 0 Å². The Morgan fingerprint density at radius 3 is 2.61 bits per heavy atom. The summed E-state index contributed by atoms with van der Waals surface area (Å²) in [5, 5.41) is 0. The van der Waals surface area contributed by atoms with Gasteiger partial charge >= 0.3 is 17.6 Å². The van der Waals surface area contributed by atoms with Crippen molar-refractivity contribution in [2.75, 3.05) is 6.61 Å². The van der Waals surface area contributed by atoms with Crippen LogP contribution in [0.5, 0.6) is 0 Å². The van der Waals surface area contributed by atoms with Gasteiger partial charge in [0.05, 0.1) is 4.83 Å². The van der Waals surface area contributed by atoms with E-state index in [1.54, 1.807) is 0 Å². The topological polar surface area (TPSA) is 117 Å². The number of hydrogen-bond acceptors (Lipinski definition) is 7. The van der Waals surface area contributed by atoms with Crippen LogP contribution in [0.25, 0.3) is 0 Å². The van der Waals surface area contributed by atoms with E-state index in [0.717, 1.165) is 10.6 Å². The number of aromatic nitrogens is 2. The van der Waals surface area contributed by atoms with E-state index in [2.05, 4.69) is 20.9 Å². The molecule has 1 aliphatic heterocycles. The molecule has 0 spiro atoms. The standard InChI is InChI=1S/C13H15BrN2O7/c1-6(17)21-5-8-10(14)11(22-7(2)18)12(23-8)16-4-3-9(19)15-13(16)20/h3-4,8,10-12H,5H2,1-2H3,(H,15,19,20)/t8-,10-,11-,12-/m1/s1. The number of nitrogens with one attached hydrogen (secondary N) is 1. The SMILES string of the molecule is CC(=O)OC[C@H]1O[C@@H](n2ccc(=O)[nH]c2=O)[C@H](OC(C)=O)[C@@H]1Br. The van der Waals surface area contributed by atoms with Gasteiger partial charge in [-0.2, -0.15) is 0 Å². The lowest BCUT2D eigenvalue weighted by Crippen LogP contribution is -2.38. The summed E-state index contributed by atoms with van der Waals surface area (Å²) in [6, 6.07) is 1.15. The van der Waals surface area contributed by atoms with Crippen LogP contribution in [-0.2, 0) is 23.8 Å². The zero-order valence-electron chi connectivity index (χ0n) is 12.4. The molecule has 0 unspecified atom stereocenters. The van der Waals surface area contributed by atoms with E-state index in [-0.39, 0.29) is 6.61 Å². The first-order chi connectivity index (χ1) is 10.8. The normalized spacial score (nSPS) is 26.7. The van der Waals surface area contributed by atoms with Crippen LogP contribution in [0.15, 0.2) is 21.9 Å². The van der Waals surface area contributed by atoms with Gasteiger partial charge in [-0.05, 0) is 0 Å². The molecule has 1 fully saturated rings. The number of ether oxygens (including phenoxy) is 3. The number of aromatic amines is 1. The zero-order valence-corrected chi connectivity index (χ0v) is 13.9. The van der Waals surface area contributed by atoms with Crippen LogP contribution in [0.2, 0.25) is 0 Å². The molecule has 0 amide bonds. The largest absolute Gasteiger partial charge is 0.463 e. The van der Waals surface area contributed by atoms with Crippen LogP contribution in [0, 0.1) is 0 Å². The predicted molar refractivity (Wildman–Crippen MR) is 80.1 cm³/mol. The second-order valence-electron chi connectivity index (χ2n) is 4.90. The van der Waals surface area contributed by atoms with Gasteiger partial charge in [-0.1, -0.05) is 15.9 Å². The highest BCUT2D eigenvalue weighted by Crippen LogP contribution is 2.35. The molecule has 0 radical (unpaired) electrons. The Labute approximate surface area is 138 Å². The summed E-state index contributed by atoms with van der Waals surface area (Å²) in [4.78, 5) is 46.9. The number of alkyl halides is 1. The van der Waals surface area contributed by atoms with Crippen molar-refractivity contribution < 1.29 is 23.8 Å². The van der Waals surface area contributed by atoms with Crippen molar-refractivity contribution in [2.45, 2.75) is 37.1 Å². The van der Waals surface area contributed by atoms with Gasteiger partial charge in [0, 0.05) is 26.1 Å². The summed E-state index contributed by atoms with van der Waals surface area (Å²) in [5.74, 6) is -1.04. The van der Waals surface area contributed by atoms with E-state index in [9.17, 15) is 19.2 Å². The minimum Gasteiger partial charge on any atom is -0.463 e. The molecule has 23 heavy (non-hydrogen) atoms. The van der Waals surface area contributed by atoms with Crippen molar-refractivity contribution in [1.82, 2.24) is 9.55 Å². The van der Waals surface area contributed by atoms with Gasteiger partial charge in [0.2, 0.25) is 0 Å². The number of carbonyl (C=O) groups excluding carboxylic acids is 2. The molecular formula is C13H15BrN2O7. The van der Waals surface area contributed by atoms with E-state index < -0.39 is 46.5 Å². The number of carbonyl (C=O) groups is 2. The Bertz CT molecular complexity index is 713. The van der Waals surface area contributed by atoms with Crippen LogP contribution in [-0.4, -0.2) is 45.1 Å². The third-order valence-electron chi connectivity index (χ3n) is 3.14. The highest BCUT2D eigenvalue weighted by atomic mass is 79.9. The molecule has 9 nitrogen and oxygen atoms in total. The second kappa shape index (κ2) is 7.09. The molecule has 0 aliphatic carbocycles. The Balaban J connectivity index is 2.30. The summed E-state index contributed by atoms with van der Waals surface area (Å²) in [5.41, 5.74) is -1.26. The number of H-pyrrole nitrogens is 1. The van der Waals surface area contributed by atoms with E-state index in [1.807, 2.05) is 0 Å². The number of hydrogen-bond donors (Lipinski definition) is 1. The van der Waals surface area contributed by atoms with Crippen LogP contribution in [0.3, 0.4) is 0 Å². The first-order valence-electron chi connectivity index (χ1n) is 6.71. The third-order valence-corrected chi connectivity index (χ3v) is 4.25. The van der Waals surface area contributed by atoms with Gasteiger partial charge < -0.3 is 14.2 Å². The van der Waals surface area contributed by atoms with E-state index >= 15 is 0 Å². The molecule has 10 heteroatoms. The number of esters is 2. The van der Waals surface area contributed by atoms with E-state index in [0.29, 0.717) is 0 Å². The predicted octanol–water partition coefficient (Wildman–Crippen LogP) is -0.308. The highest BCUT2D eigenvalue weighted by Gasteiger charge is 2.47. The van der Waals surface area contributed by atoms with Crippen LogP contribution < -0.4 is 11.2 Å². The average Bonchev–Trinajstić information content (AvgIpc) is 2.73. The molecular weight excluding hydrogens is 376 g/mol. The fourth-order valence-corrected chi connectivity index (χ4v) is 2.84. The first kappa shape index (κ1) is 17.4. The van der Waals surface area contributed by atoms with Crippen molar-refractivity contribution >= 4 is 27.9 Å². The maximum absolute atomic E-state index is 11.9. The second-order valence-corrected chi connectivity index (χ2v) is 5.96. The minimum atomic E-state index is -0.965. The van der Waals surface area contributed by atoms with E-state index in [4.69, 9.17) is 14.2 Å². The molecule has 0 aromatic carbocycles. The van der Waals surface area contributed by atoms with Crippen molar-refractivity contribution in [2.24, 2.45) is 0 Å². The smallest absolute Gasteiger partial charge is 0.330 e. The van der Waals surface area contributed by atoms with Crippen LogP contribution >= 0.6 is 15.9 Å². The molecule has 1 N–H and O–H groups in total. The summed E-state index contributed by atoms with van der Waals surface area (Å²) in [7, 11) is 0. The van der Waals surface area contributed by atoms with Gasteiger partial charge in [-0.15, -0.1) is 0 Å². The molecule has 1 aromatic rings. The Kier molecular flexibility index (Phi) is 5.37. The maximum atomic E-state index is 11.9. The maximum Gasteiger partial charge on any atom is 0.330 e. The Morgan fingerprint density at radius 1 is 1.35 bits per heavy atom. The monoisotopic (exact) mass is 390 g/mol. The lowest BCUT2D eigenvalue weighted by molar-refractivity contribution is -0.153. The third kappa shape index (κ3) is 4.08. The fourth-order valence-electron chi connectivity index (χ4n) is 2.20. The van der Waals surface area contributed by atoms with Gasteiger partial charge in [0.25, 0.3) is 5.56 Å². The molecule has 0 bridgehead atoms. The van der Waals surface area contributed by atoms with Gasteiger partial charge in [0.15, 0.2) is 12.3 Å². The fraction of sp³-hybridized carbons (Fsp3) is 0.538. The Hall–Kier alpha value is -1.94. The number of halogens is 1. The molecule has 2 heterocycles. The molecule has 1 aliphatic rings. The summed E-state index contributed by atoms with van der Waals surface area (Å²) >= 11 is 3.35. The molecule has 126 valence electrons. The molecule has 2 rings (SSSR count). The van der Waals surface area contributed by atoms with Crippen molar-refractivity contribution in [3.63, 3.8) is 0 Å². The lowest BCUT2D eigenvalue weighted by atomic mass is 10.2. The average molecular weight is 391 g/mol. The molecule has 1 aromatic heterocycles. The quantitative estimate of drug-likeness (QED) is 0.553. The summed E-state index contributed by atoms with van der Waals surface area (Å²) in [6.45, 7) is 2.41. The molecule has 1 saturated heterocycles. The summed E-state index contributed by atoms with van der Waals surface area (Å²) < 4.78 is 16.9. The minimum absolute atomic E-state index is 0.0718. The van der Waals surface area contributed by atoms with Gasteiger partial charge in [-0.3, -0.25) is 23.9 Å². The first-order valence-corrected chi connectivity index (χ1v) is 7.62. The number of rotatable bonds is 4. The Morgan fingerprint density at radius 2 is 2.04 bits per heavy atom. The number of nitrogens with zero attached hydrogens (tertiary/aromatic N) is 1. The molecule has 4 atom stereocenters. The van der Waals surface area contributed by atoms with Crippen molar-refractivity contribution in [3.05, 3.63) is 33.1 Å². The summed E-state index contributed by atoms with van der Waals surface area (Å²) in [6.07, 6.45) is -1.19. The van der Waals surface area contributed by atoms with E-state index in [1.165, 1.54) is 20.0 Å². The lowest BCUT2D eigenvalue weighted by Gasteiger charge is -2.21. The van der Waals surface area contributed by atoms with Gasteiger partial charge in [-0.25, -0.2) is 4.79 Å². The van der Waals surface area contributed by atoms with Crippen molar-refractivity contribution in [3.8, 4) is 0 Å². The van der Waals surface area contributed by atoms with Crippen LogP contribution in [0.4, 0.5) is 0 Å². The van der Waals surface area contributed by atoms with Crippen LogP contribution in [0.1, 0.15) is 20.1 Å². The van der Waals surface area contributed by atoms with Gasteiger partial charge in [0.1, 0.15) is 12.7 Å². The zero-order chi connectivity index (χ0) is 17.1. The molecule has 0 saturated carbocycles.